The Labute approximate surface area is 125 Å². The zero-order valence-electron chi connectivity index (χ0n) is 10.3. The molecule has 19 heavy (non-hydrogen) atoms. The van der Waals surface area contributed by atoms with Crippen LogP contribution in [0.2, 0.25) is 5.02 Å². The molecule has 0 heterocycles. The van der Waals surface area contributed by atoms with E-state index in [1.165, 1.54) is 6.07 Å². The van der Waals surface area contributed by atoms with Crippen LogP contribution in [-0.2, 0) is 6.42 Å². The highest BCUT2D eigenvalue weighted by Crippen LogP contribution is 2.30. The highest BCUT2D eigenvalue weighted by molar-refractivity contribution is 9.10. The summed E-state index contributed by atoms with van der Waals surface area (Å²) in [6, 6.07) is 10.4. The van der Waals surface area contributed by atoms with Crippen molar-refractivity contribution in [3.8, 4) is 0 Å². The average Bonchev–Trinajstić information content (AvgIpc) is 2.38. The van der Waals surface area contributed by atoms with Crippen molar-refractivity contribution in [2.45, 2.75) is 19.4 Å². The second-order valence-corrected chi connectivity index (χ2v) is 5.61. The lowest BCUT2D eigenvalue weighted by Gasteiger charge is -2.15. The predicted molar refractivity (Wildman–Crippen MR) is 79.0 cm³/mol. The summed E-state index contributed by atoms with van der Waals surface area (Å²) in [6.45, 7) is 1.94. The van der Waals surface area contributed by atoms with Crippen molar-refractivity contribution in [2.24, 2.45) is 0 Å². The SMILES string of the molecule is Cc1cccc(C(O)Cc2cccc(Cl)c2F)c1Br. The zero-order valence-corrected chi connectivity index (χ0v) is 12.7. The van der Waals surface area contributed by atoms with Gasteiger partial charge in [0.15, 0.2) is 0 Å². The summed E-state index contributed by atoms with van der Waals surface area (Å²) < 4.78 is 14.7. The van der Waals surface area contributed by atoms with Gasteiger partial charge in [-0.3, -0.25) is 0 Å². The molecule has 1 unspecified atom stereocenters. The smallest absolute Gasteiger partial charge is 0.145 e. The standard InChI is InChI=1S/C15H13BrClFO/c1-9-4-2-6-11(14(9)16)13(19)8-10-5-3-7-12(17)15(10)18/h2-7,13,19H,8H2,1H3. The molecule has 2 rings (SSSR count). The third-order valence-electron chi connectivity index (χ3n) is 3.03. The summed E-state index contributed by atoms with van der Waals surface area (Å²) in [5.41, 5.74) is 2.19. The van der Waals surface area contributed by atoms with Crippen LogP contribution in [0.3, 0.4) is 0 Å². The normalized spacial score (nSPS) is 12.5. The van der Waals surface area contributed by atoms with Crippen molar-refractivity contribution in [3.05, 3.63) is 68.4 Å². The topological polar surface area (TPSA) is 20.2 Å². The first kappa shape index (κ1) is 14.5. The van der Waals surface area contributed by atoms with E-state index in [0.29, 0.717) is 5.56 Å². The fourth-order valence-corrected chi connectivity index (χ4v) is 2.67. The summed E-state index contributed by atoms with van der Waals surface area (Å²) in [5.74, 6) is -0.466. The molecule has 2 aromatic carbocycles. The highest BCUT2D eigenvalue weighted by atomic mass is 79.9. The minimum atomic E-state index is -0.776. The highest BCUT2D eigenvalue weighted by Gasteiger charge is 2.16. The largest absolute Gasteiger partial charge is 0.388 e. The number of halogens is 3. The second-order valence-electron chi connectivity index (χ2n) is 4.41. The molecular weight excluding hydrogens is 331 g/mol. The first-order valence-electron chi connectivity index (χ1n) is 5.86. The predicted octanol–water partition coefficient (Wildman–Crippen LogP) is 4.83. The summed E-state index contributed by atoms with van der Waals surface area (Å²) in [4.78, 5) is 0. The van der Waals surface area contributed by atoms with Crippen LogP contribution < -0.4 is 0 Å². The lowest BCUT2D eigenvalue weighted by atomic mass is 10.00. The van der Waals surface area contributed by atoms with Crippen LogP contribution in [0, 0.1) is 12.7 Å². The molecule has 2 aromatic rings. The Hall–Kier alpha value is -0.900. The van der Waals surface area contributed by atoms with E-state index in [9.17, 15) is 9.50 Å². The Kier molecular flexibility index (Phi) is 4.61. The molecule has 0 aliphatic heterocycles. The summed E-state index contributed by atoms with van der Waals surface area (Å²) in [5, 5.41) is 10.3. The van der Waals surface area contributed by atoms with Gasteiger partial charge in [-0.05, 0) is 29.7 Å². The molecule has 4 heteroatoms. The minimum absolute atomic E-state index is 0.0769. The van der Waals surface area contributed by atoms with Gasteiger partial charge >= 0.3 is 0 Å². The van der Waals surface area contributed by atoms with Crippen LogP contribution >= 0.6 is 27.5 Å². The van der Waals surface area contributed by atoms with Gasteiger partial charge < -0.3 is 5.11 Å². The van der Waals surface area contributed by atoms with E-state index in [2.05, 4.69) is 15.9 Å². The van der Waals surface area contributed by atoms with E-state index in [1.807, 2.05) is 25.1 Å². The lowest BCUT2D eigenvalue weighted by molar-refractivity contribution is 0.176. The molecule has 0 saturated heterocycles. The fraction of sp³-hybridized carbons (Fsp3) is 0.200. The minimum Gasteiger partial charge on any atom is -0.388 e. The van der Waals surface area contributed by atoms with Crippen LogP contribution in [0.1, 0.15) is 22.8 Å². The average molecular weight is 344 g/mol. The van der Waals surface area contributed by atoms with E-state index in [4.69, 9.17) is 11.6 Å². The molecule has 100 valence electrons. The fourth-order valence-electron chi connectivity index (χ4n) is 1.95. The zero-order chi connectivity index (χ0) is 14.0. The van der Waals surface area contributed by atoms with Crippen molar-refractivity contribution in [3.63, 3.8) is 0 Å². The van der Waals surface area contributed by atoms with Crippen molar-refractivity contribution >= 4 is 27.5 Å². The van der Waals surface area contributed by atoms with Crippen LogP contribution in [0.4, 0.5) is 4.39 Å². The monoisotopic (exact) mass is 342 g/mol. The number of aliphatic hydroxyl groups is 1. The molecule has 0 spiro atoms. The molecular formula is C15H13BrClFO. The molecule has 0 bridgehead atoms. The number of aliphatic hydroxyl groups excluding tert-OH is 1. The van der Waals surface area contributed by atoms with Crippen LogP contribution in [0.15, 0.2) is 40.9 Å². The second kappa shape index (κ2) is 6.04. The molecule has 0 radical (unpaired) electrons. The van der Waals surface area contributed by atoms with Gasteiger partial charge in [-0.25, -0.2) is 4.39 Å². The summed E-state index contributed by atoms with van der Waals surface area (Å²) in [7, 11) is 0. The Morgan fingerprint density at radius 1 is 1.26 bits per heavy atom. The van der Waals surface area contributed by atoms with E-state index in [0.717, 1.165) is 15.6 Å². The number of rotatable bonds is 3. The van der Waals surface area contributed by atoms with Crippen molar-refractivity contribution < 1.29 is 9.50 Å². The van der Waals surface area contributed by atoms with Crippen LogP contribution in [0.5, 0.6) is 0 Å². The molecule has 0 saturated carbocycles. The van der Waals surface area contributed by atoms with Crippen LogP contribution in [-0.4, -0.2) is 5.11 Å². The third kappa shape index (κ3) is 3.16. The first-order valence-corrected chi connectivity index (χ1v) is 7.03. The van der Waals surface area contributed by atoms with Crippen molar-refractivity contribution in [1.82, 2.24) is 0 Å². The number of hydrogen-bond donors (Lipinski definition) is 1. The van der Waals surface area contributed by atoms with Gasteiger partial charge in [0.1, 0.15) is 5.82 Å². The van der Waals surface area contributed by atoms with Gasteiger partial charge in [0.2, 0.25) is 0 Å². The molecule has 1 N–H and O–H groups in total. The van der Waals surface area contributed by atoms with Gasteiger partial charge in [-0.1, -0.05) is 57.9 Å². The van der Waals surface area contributed by atoms with Crippen LogP contribution in [0.25, 0.3) is 0 Å². The van der Waals surface area contributed by atoms with Gasteiger partial charge in [0.05, 0.1) is 11.1 Å². The van der Waals surface area contributed by atoms with E-state index in [1.54, 1.807) is 12.1 Å². The van der Waals surface area contributed by atoms with Crippen molar-refractivity contribution in [2.75, 3.05) is 0 Å². The maximum Gasteiger partial charge on any atom is 0.145 e. The molecule has 0 aliphatic rings. The number of aryl methyl sites for hydroxylation is 1. The summed E-state index contributed by atoms with van der Waals surface area (Å²) >= 11 is 9.18. The molecule has 0 aromatic heterocycles. The van der Waals surface area contributed by atoms with Gasteiger partial charge in [0, 0.05) is 10.9 Å². The molecule has 0 aliphatic carbocycles. The first-order chi connectivity index (χ1) is 9.00. The third-order valence-corrected chi connectivity index (χ3v) is 4.40. The van der Waals surface area contributed by atoms with E-state index >= 15 is 0 Å². The lowest BCUT2D eigenvalue weighted by Crippen LogP contribution is -2.05. The molecule has 1 atom stereocenters. The number of benzene rings is 2. The Morgan fingerprint density at radius 2 is 1.95 bits per heavy atom. The number of hydrogen-bond acceptors (Lipinski definition) is 1. The quantitative estimate of drug-likeness (QED) is 0.846. The molecule has 0 fully saturated rings. The summed E-state index contributed by atoms with van der Waals surface area (Å²) in [6.07, 6.45) is -0.587. The maximum atomic E-state index is 13.8. The van der Waals surface area contributed by atoms with Gasteiger partial charge in [-0.2, -0.15) is 0 Å². The van der Waals surface area contributed by atoms with Crippen molar-refractivity contribution in [1.29, 1.82) is 0 Å². The Balaban J connectivity index is 2.28. The van der Waals surface area contributed by atoms with Gasteiger partial charge in [0.25, 0.3) is 0 Å². The van der Waals surface area contributed by atoms with E-state index in [-0.39, 0.29) is 11.4 Å². The van der Waals surface area contributed by atoms with Gasteiger partial charge in [-0.15, -0.1) is 0 Å². The Morgan fingerprint density at radius 3 is 2.68 bits per heavy atom. The molecule has 1 nitrogen and oxygen atoms in total. The molecule has 0 amide bonds. The Bertz CT molecular complexity index is 601. The maximum absolute atomic E-state index is 13.8. The van der Waals surface area contributed by atoms with E-state index < -0.39 is 11.9 Å².